The minimum absolute atomic E-state index is 0.614. The maximum absolute atomic E-state index is 5.44. The molecular weight excluding hydrogens is 238 g/mol. The maximum atomic E-state index is 5.44. The lowest BCUT2D eigenvalue weighted by Crippen LogP contribution is -1.80. The van der Waals surface area contributed by atoms with E-state index in [1.54, 1.807) is 12.5 Å². The predicted octanol–water partition coefficient (Wildman–Crippen LogP) is 3.30. The summed E-state index contributed by atoms with van der Waals surface area (Å²) in [6.45, 7) is 0. The van der Waals surface area contributed by atoms with E-state index in [0.717, 1.165) is 17.0 Å². The number of aromatic nitrogens is 3. The van der Waals surface area contributed by atoms with Crippen LogP contribution in [-0.4, -0.2) is 15.0 Å². The fourth-order valence-electron chi connectivity index (χ4n) is 1.65. The molecule has 0 N–H and O–H groups in total. The Kier molecular flexibility index (Phi) is 3.14. The minimum Gasteiger partial charge on any atom is -0.444 e. The van der Waals surface area contributed by atoms with Crippen molar-refractivity contribution in [3.8, 4) is 11.5 Å². The third kappa shape index (κ3) is 2.74. The first kappa shape index (κ1) is 11.3. The van der Waals surface area contributed by atoms with Crippen LogP contribution in [0.3, 0.4) is 0 Å². The van der Waals surface area contributed by atoms with Gasteiger partial charge < -0.3 is 4.42 Å². The summed E-state index contributed by atoms with van der Waals surface area (Å²) in [4.78, 5) is 12.4. The van der Waals surface area contributed by atoms with Crippen LogP contribution >= 0.6 is 0 Å². The minimum atomic E-state index is 0.614. The molecule has 0 fully saturated rings. The lowest BCUT2D eigenvalue weighted by atomic mass is 10.2. The molecule has 0 aliphatic rings. The van der Waals surface area contributed by atoms with E-state index in [-0.39, 0.29) is 0 Å². The molecule has 1 aromatic carbocycles. The molecule has 2 heterocycles. The van der Waals surface area contributed by atoms with Crippen molar-refractivity contribution in [1.82, 2.24) is 15.0 Å². The van der Waals surface area contributed by atoms with Gasteiger partial charge in [-0.2, -0.15) is 0 Å². The van der Waals surface area contributed by atoms with Gasteiger partial charge in [0.25, 0.3) is 0 Å². The van der Waals surface area contributed by atoms with Crippen LogP contribution in [0.1, 0.15) is 11.4 Å². The molecule has 0 radical (unpaired) electrons. The van der Waals surface area contributed by atoms with Gasteiger partial charge in [0, 0.05) is 11.8 Å². The normalized spacial score (nSPS) is 10.9. The molecule has 2 aromatic heterocycles. The van der Waals surface area contributed by atoms with Gasteiger partial charge in [-0.1, -0.05) is 18.2 Å². The number of hydrogen-bond donors (Lipinski definition) is 0. The summed E-state index contributed by atoms with van der Waals surface area (Å²) >= 11 is 0. The van der Waals surface area contributed by atoms with Crippen molar-refractivity contribution >= 4 is 12.2 Å². The molecule has 4 heteroatoms. The van der Waals surface area contributed by atoms with Gasteiger partial charge in [0.15, 0.2) is 0 Å². The Morgan fingerprint density at radius 1 is 0.947 bits per heavy atom. The molecule has 92 valence electrons. The third-order valence-corrected chi connectivity index (χ3v) is 2.57. The van der Waals surface area contributed by atoms with Gasteiger partial charge in [-0.05, 0) is 30.4 Å². The van der Waals surface area contributed by atoms with Gasteiger partial charge in [0.05, 0.1) is 5.69 Å². The second-order valence-corrected chi connectivity index (χ2v) is 3.91. The summed E-state index contributed by atoms with van der Waals surface area (Å²) in [5, 5.41) is 0. The van der Waals surface area contributed by atoms with Crippen molar-refractivity contribution < 1.29 is 4.42 Å². The Morgan fingerprint density at radius 3 is 2.58 bits per heavy atom. The van der Waals surface area contributed by atoms with Crippen LogP contribution in [0, 0.1) is 0 Å². The predicted molar refractivity (Wildman–Crippen MR) is 72.9 cm³/mol. The second kappa shape index (κ2) is 5.27. The summed E-state index contributed by atoms with van der Waals surface area (Å²) in [5.41, 5.74) is 2.56. The molecule has 3 rings (SSSR count). The Bertz CT molecular complexity index is 675. The summed E-state index contributed by atoms with van der Waals surface area (Å²) in [5.74, 6) is 0.614. The molecule has 4 nitrogen and oxygen atoms in total. The molecule has 0 aliphatic heterocycles. The molecule has 0 saturated carbocycles. The molecule has 0 atom stereocenters. The number of benzene rings is 1. The third-order valence-electron chi connectivity index (χ3n) is 2.57. The highest BCUT2D eigenvalue weighted by Gasteiger charge is 2.03. The van der Waals surface area contributed by atoms with E-state index in [1.165, 1.54) is 6.33 Å². The van der Waals surface area contributed by atoms with Gasteiger partial charge in [-0.3, -0.25) is 0 Å². The largest absolute Gasteiger partial charge is 0.444 e. The zero-order valence-corrected chi connectivity index (χ0v) is 10.1. The number of rotatable bonds is 3. The first-order valence-electron chi connectivity index (χ1n) is 5.87. The van der Waals surface area contributed by atoms with Crippen LogP contribution in [0.4, 0.5) is 0 Å². The topological polar surface area (TPSA) is 51.8 Å². The zero-order chi connectivity index (χ0) is 12.9. The molecule has 0 bridgehead atoms. The average Bonchev–Trinajstić information content (AvgIpc) is 2.96. The smallest absolute Gasteiger partial charge is 0.226 e. The SMILES string of the molecule is C(=C\c1coc(-c2ccccc2)n1)/c1ccncn1. The molecule has 0 amide bonds. The number of nitrogens with zero attached hydrogens (tertiary/aromatic N) is 3. The summed E-state index contributed by atoms with van der Waals surface area (Å²) < 4.78 is 5.44. The maximum Gasteiger partial charge on any atom is 0.226 e. The molecule has 0 spiro atoms. The molecule has 3 aromatic rings. The van der Waals surface area contributed by atoms with Crippen molar-refractivity contribution in [3.05, 3.63) is 66.6 Å². The van der Waals surface area contributed by atoms with Crippen LogP contribution in [0.2, 0.25) is 0 Å². The van der Waals surface area contributed by atoms with Crippen LogP contribution in [-0.2, 0) is 0 Å². The standard InChI is InChI=1S/C15H11N3O/c1-2-4-12(5-3-1)15-18-14(10-19-15)7-6-13-8-9-16-11-17-13/h1-11H/b7-6+. The van der Waals surface area contributed by atoms with Crippen molar-refractivity contribution in [2.75, 3.05) is 0 Å². The van der Waals surface area contributed by atoms with Crippen LogP contribution < -0.4 is 0 Å². The molecule has 0 unspecified atom stereocenters. The van der Waals surface area contributed by atoms with Crippen molar-refractivity contribution in [2.24, 2.45) is 0 Å². The van der Waals surface area contributed by atoms with Gasteiger partial charge in [0.1, 0.15) is 18.3 Å². The van der Waals surface area contributed by atoms with E-state index in [1.807, 2.05) is 48.6 Å². The van der Waals surface area contributed by atoms with Crippen molar-refractivity contribution in [2.45, 2.75) is 0 Å². The van der Waals surface area contributed by atoms with Gasteiger partial charge in [0.2, 0.25) is 5.89 Å². The van der Waals surface area contributed by atoms with E-state index in [4.69, 9.17) is 4.42 Å². The van der Waals surface area contributed by atoms with Gasteiger partial charge in [-0.15, -0.1) is 0 Å². The molecule has 0 aliphatic carbocycles. The monoisotopic (exact) mass is 249 g/mol. The fourth-order valence-corrected chi connectivity index (χ4v) is 1.65. The number of hydrogen-bond acceptors (Lipinski definition) is 4. The highest BCUT2D eigenvalue weighted by atomic mass is 16.3. The van der Waals surface area contributed by atoms with Gasteiger partial charge in [-0.25, -0.2) is 15.0 Å². The molecular formula is C15H11N3O. The first-order valence-corrected chi connectivity index (χ1v) is 5.87. The Balaban J connectivity index is 1.81. The summed E-state index contributed by atoms with van der Waals surface area (Å²) in [6, 6.07) is 11.6. The van der Waals surface area contributed by atoms with E-state index in [9.17, 15) is 0 Å². The van der Waals surface area contributed by atoms with Crippen molar-refractivity contribution in [1.29, 1.82) is 0 Å². The van der Waals surface area contributed by atoms with Gasteiger partial charge >= 0.3 is 0 Å². The molecule has 19 heavy (non-hydrogen) atoms. The summed E-state index contributed by atoms with van der Waals surface area (Å²) in [6.07, 6.45) is 8.56. The highest BCUT2D eigenvalue weighted by Crippen LogP contribution is 2.18. The molecule has 0 saturated heterocycles. The quantitative estimate of drug-likeness (QED) is 0.714. The Morgan fingerprint density at radius 2 is 1.79 bits per heavy atom. The van der Waals surface area contributed by atoms with Crippen molar-refractivity contribution in [3.63, 3.8) is 0 Å². The fraction of sp³-hybridized carbons (Fsp3) is 0. The average molecular weight is 249 g/mol. The number of oxazole rings is 1. The van der Waals surface area contributed by atoms with E-state index in [0.29, 0.717) is 5.89 Å². The van der Waals surface area contributed by atoms with Crippen LogP contribution in [0.15, 0.2) is 59.6 Å². The lowest BCUT2D eigenvalue weighted by molar-refractivity contribution is 0.574. The van der Waals surface area contributed by atoms with E-state index in [2.05, 4.69) is 15.0 Å². The Labute approximate surface area is 110 Å². The lowest BCUT2D eigenvalue weighted by Gasteiger charge is -1.91. The van der Waals surface area contributed by atoms with E-state index < -0.39 is 0 Å². The van der Waals surface area contributed by atoms with E-state index >= 15 is 0 Å². The highest BCUT2D eigenvalue weighted by molar-refractivity contribution is 5.66. The second-order valence-electron chi connectivity index (χ2n) is 3.91. The van der Waals surface area contributed by atoms with Crippen LogP contribution in [0.25, 0.3) is 23.6 Å². The van der Waals surface area contributed by atoms with Crippen LogP contribution in [0.5, 0.6) is 0 Å². The summed E-state index contributed by atoms with van der Waals surface area (Å²) in [7, 11) is 0. The Hall–Kier alpha value is -2.75. The first-order chi connectivity index (χ1) is 9.42. The zero-order valence-electron chi connectivity index (χ0n) is 10.1.